The largest absolute Gasteiger partial charge is 0.480 e. The Balaban J connectivity index is 0.000000921. The van der Waals surface area contributed by atoms with Crippen molar-refractivity contribution in [1.82, 2.24) is 4.57 Å². The summed E-state index contributed by atoms with van der Waals surface area (Å²) in [5, 5.41) is 8.50. The molecule has 0 bridgehead atoms. The second kappa shape index (κ2) is 6.81. The van der Waals surface area contributed by atoms with Crippen LogP contribution in [0.15, 0.2) is 23.1 Å². The second-order valence-corrected chi connectivity index (χ2v) is 2.75. The molecule has 15 heavy (non-hydrogen) atoms. The highest BCUT2D eigenvalue weighted by molar-refractivity contribution is 5.66. The summed E-state index contributed by atoms with van der Waals surface area (Å²) in [6, 6.07) is 3.10. The molecule has 0 amide bonds. The molecule has 0 unspecified atom stereocenters. The molecular weight excluding hydrogens is 194 g/mol. The number of carboxylic acids is 1. The SMILES string of the molecule is CC.CCc1ccc(=O)n(CC(=O)O)c1. The average Bonchev–Trinajstić information content (AvgIpc) is 2.23. The highest BCUT2D eigenvalue weighted by Crippen LogP contribution is 1.95. The highest BCUT2D eigenvalue weighted by Gasteiger charge is 2.01. The molecule has 1 N–H and O–H groups in total. The smallest absolute Gasteiger partial charge is 0.323 e. The number of nitrogens with zero attached hydrogens (tertiary/aromatic N) is 1. The van der Waals surface area contributed by atoms with Crippen molar-refractivity contribution in [3.8, 4) is 0 Å². The van der Waals surface area contributed by atoms with E-state index in [1.165, 1.54) is 10.6 Å². The quantitative estimate of drug-likeness (QED) is 0.824. The Morgan fingerprint density at radius 1 is 1.40 bits per heavy atom. The lowest BCUT2D eigenvalue weighted by molar-refractivity contribution is -0.137. The number of hydrogen-bond donors (Lipinski definition) is 1. The third kappa shape index (κ3) is 4.44. The van der Waals surface area contributed by atoms with Crippen LogP contribution in [0.25, 0.3) is 0 Å². The zero-order valence-electron chi connectivity index (χ0n) is 9.36. The van der Waals surface area contributed by atoms with E-state index in [-0.39, 0.29) is 12.1 Å². The van der Waals surface area contributed by atoms with E-state index in [1.54, 1.807) is 12.3 Å². The monoisotopic (exact) mass is 211 g/mol. The molecule has 0 aliphatic carbocycles. The van der Waals surface area contributed by atoms with Crippen molar-refractivity contribution in [3.05, 3.63) is 34.2 Å². The van der Waals surface area contributed by atoms with Gasteiger partial charge in [-0.3, -0.25) is 9.59 Å². The minimum absolute atomic E-state index is 0.271. The van der Waals surface area contributed by atoms with Crippen LogP contribution in [0, 0.1) is 0 Å². The van der Waals surface area contributed by atoms with Gasteiger partial charge in [0.25, 0.3) is 5.56 Å². The molecule has 0 fully saturated rings. The highest BCUT2D eigenvalue weighted by atomic mass is 16.4. The van der Waals surface area contributed by atoms with E-state index < -0.39 is 5.97 Å². The van der Waals surface area contributed by atoms with Gasteiger partial charge in [-0.05, 0) is 12.0 Å². The van der Waals surface area contributed by atoms with Crippen LogP contribution in [0.1, 0.15) is 26.3 Å². The predicted octanol–water partition coefficient (Wildman–Crippen LogP) is 1.52. The number of rotatable bonds is 3. The maximum absolute atomic E-state index is 11.1. The number of aryl methyl sites for hydroxylation is 1. The Hall–Kier alpha value is -1.58. The summed E-state index contributed by atoms with van der Waals surface area (Å²) < 4.78 is 1.20. The van der Waals surface area contributed by atoms with Crippen LogP contribution in [0.4, 0.5) is 0 Å². The lowest BCUT2D eigenvalue weighted by atomic mass is 10.2. The summed E-state index contributed by atoms with van der Waals surface area (Å²) in [7, 11) is 0. The van der Waals surface area contributed by atoms with E-state index in [0.717, 1.165) is 12.0 Å². The molecule has 0 atom stereocenters. The Labute approximate surface area is 89.2 Å². The summed E-state index contributed by atoms with van der Waals surface area (Å²) >= 11 is 0. The van der Waals surface area contributed by atoms with E-state index in [4.69, 9.17) is 5.11 Å². The standard InChI is InChI=1S/C9H11NO3.C2H6/c1-2-7-3-4-8(11)10(5-7)6-9(12)13;1-2/h3-5H,2,6H2,1H3,(H,12,13);1-2H3. The average molecular weight is 211 g/mol. The predicted molar refractivity (Wildman–Crippen MR) is 59.1 cm³/mol. The molecule has 0 spiro atoms. The van der Waals surface area contributed by atoms with Gasteiger partial charge in [0.1, 0.15) is 6.54 Å². The van der Waals surface area contributed by atoms with Crippen LogP contribution in [0.3, 0.4) is 0 Å². The van der Waals surface area contributed by atoms with Crippen LogP contribution in [0.2, 0.25) is 0 Å². The first-order valence-corrected chi connectivity index (χ1v) is 5.04. The minimum Gasteiger partial charge on any atom is -0.480 e. The molecule has 1 rings (SSSR count). The molecule has 0 aliphatic heterocycles. The van der Waals surface area contributed by atoms with Crippen molar-refractivity contribution in [2.24, 2.45) is 0 Å². The minimum atomic E-state index is -1.00. The molecule has 1 aromatic rings. The lowest BCUT2D eigenvalue weighted by Gasteiger charge is -2.03. The van der Waals surface area contributed by atoms with Gasteiger partial charge in [0.15, 0.2) is 0 Å². The van der Waals surface area contributed by atoms with Gasteiger partial charge in [-0.25, -0.2) is 0 Å². The van der Waals surface area contributed by atoms with Gasteiger partial charge in [0.2, 0.25) is 0 Å². The summed E-state index contributed by atoms with van der Waals surface area (Å²) in [5.74, 6) is -1.00. The molecule has 4 heteroatoms. The van der Waals surface area contributed by atoms with Gasteiger partial charge < -0.3 is 9.67 Å². The third-order valence-electron chi connectivity index (χ3n) is 1.76. The van der Waals surface area contributed by atoms with Crippen LogP contribution in [0.5, 0.6) is 0 Å². The van der Waals surface area contributed by atoms with E-state index in [9.17, 15) is 9.59 Å². The van der Waals surface area contributed by atoms with Gasteiger partial charge in [0.05, 0.1) is 0 Å². The van der Waals surface area contributed by atoms with Crippen molar-refractivity contribution in [2.75, 3.05) is 0 Å². The fraction of sp³-hybridized carbons (Fsp3) is 0.455. The normalized spacial score (nSPS) is 9.00. The molecule has 0 saturated heterocycles. The Bertz CT molecular complexity index is 368. The van der Waals surface area contributed by atoms with Gasteiger partial charge in [-0.1, -0.05) is 26.8 Å². The third-order valence-corrected chi connectivity index (χ3v) is 1.76. The maximum Gasteiger partial charge on any atom is 0.323 e. The first kappa shape index (κ1) is 13.4. The lowest BCUT2D eigenvalue weighted by Crippen LogP contribution is -2.23. The Morgan fingerprint density at radius 3 is 2.47 bits per heavy atom. The first-order valence-electron chi connectivity index (χ1n) is 5.04. The molecule has 0 aromatic carbocycles. The topological polar surface area (TPSA) is 59.3 Å². The van der Waals surface area contributed by atoms with Crippen LogP contribution >= 0.6 is 0 Å². The molecule has 4 nitrogen and oxygen atoms in total. The number of aliphatic carboxylic acids is 1. The molecule has 0 radical (unpaired) electrons. The van der Waals surface area contributed by atoms with E-state index in [2.05, 4.69) is 0 Å². The summed E-state index contributed by atoms with van der Waals surface area (Å²) in [6.07, 6.45) is 2.37. The van der Waals surface area contributed by atoms with E-state index in [0.29, 0.717) is 0 Å². The van der Waals surface area contributed by atoms with Crippen molar-refractivity contribution >= 4 is 5.97 Å². The summed E-state index contributed by atoms with van der Waals surface area (Å²) in [6.45, 7) is 5.68. The van der Waals surface area contributed by atoms with Crippen molar-refractivity contribution in [3.63, 3.8) is 0 Å². The van der Waals surface area contributed by atoms with Gasteiger partial charge in [-0.2, -0.15) is 0 Å². The summed E-state index contributed by atoms with van der Waals surface area (Å²) in [4.78, 5) is 21.5. The number of carbonyl (C=O) groups is 1. The molecule has 0 aliphatic rings. The van der Waals surface area contributed by atoms with Gasteiger partial charge >= 0.3 is 5.97 Å². The van der Waals surface area contributed by atoms with Crippen molar-refractivity contribution < 1.29 is 9.90 Å². The zero-order valence-corrected chi connectivity index (χ0v) is 9.36. The van der Waals surface area contributed by atoms with E-state index in [1.807, 2.05) is 20.8 Å². The molecule has 1 heterocycles. The molecule has 84 valence electrons. The second-order valence-electron chi connectivity index (χ2n) is 2.75. The van der Waals surface area contributed by atoms with Gasteiger partial charge in [0, 0.05) is 12.3 Å². The number of pyridine rings is 1. The molecular formula is C11H17NO3. The number of hydrogen-bond acceptors (Lipinski definition) is 2. The van der Waals surface area contributed by atoms with E-state index >= 15 is 0 Å². The van der Waals surface area contributed by atoms with Gasteiger partial charge in [-0.15, -0.1) is 0 Å². The maximum atomic E-state index is 11.1. The zero-order chi connectivity index (χ0) is 11.8. The van der Waals surface area contributed by atoms with Crippen LogP contribution in [-0.2, 0) is 17.8 Å². The van der Waals surface area contributed by atoms with Crippen LogP contribution in [-0.4, -0.2) is 15.6 Å². The summed E-state index contributed by atoms with van der Waals surface area (Å²) in [5.41, 5.74) is 0.681. The number of carboxylic acid groups (broad SMARTS) is 1. The number of aromatic nitrogens is 1. The fourth-order valence-electron chi connectivity index (χ4n) is 1.06. The Kier molecular flexibility index (Phi) is 6.09. The molecule has 0 saturated carbocycles. The van der Waals surface area contributed by atoms with Crippen molar-refractivity contribution in [1.29, 1.82) is 0 Å². The first-order chi connectivity index (χ1) is 7.13. The molecule has 1 aromatic heterocycles. The Morgan fingerprint density at radius 2 is 2.00 bits per heavy atom. The van der Waals surface area contributed by atoms with Crippen molar-refractivity contribution in [2.45, 2.75) is 33.7 Å². The van der Waals surface area contributed by atoms with Crippen LogP contribution < -0.4 is 5.56 Å². The fourth-order valence-corrected chi connectivity index (χ4v) is 1.06.